The van der Waals surface area contributed by atoms with Crippen molar-refractivity contribution in [3.05, 3.63) is 41.0 Å². The molecule has 0 spiro atoms. The second-order valence-corrected chi connectivity index (χ2v) is 6.48. The summed E-state index contributed by atoms with van der Waals surface area (Å²) in [5.74, 6) is 2.42. The lowest BCUT2D eigenvalue weighted by molar-refractivity contribution is 0.606. The number of aromatic nitrogens is 3. The number of fused-ring (bicyclic) bond motifs is 1. The summed E-state index contributed by atoms with van der Waals surface area (Å²) < 4.78 is 2.21. The van der Waals surface area contributed by atoms with Gasteiger partial charge in [-0.05, 0) is 36.8 Å². The molecule has 0 atom stereocenters. The Labute approximate surface area is 172 Å². The smallest absolute Gasteiger partial charge is 0.193 e. The summed E-state index contributed by atoms with van der Waals surface area (Å²) in [5, 5.41) is 11.9. The van der Waals surface area contributed by atoms with Crippen LogP contribution in [0.2, 0.25) is 0 Å². The van der Waals surface area contributed by atoms with Crippen molar-refractivity contribution >= 4 is 35.6 Å². The van der Waals surface area contributed by atoms with Gasteiger partial charge in [0, 0.05) is 18.7 Å². The van der Waals surface area contributed by atoms with Crippen molar-refractivity contribution in [2.75, 3.05) is 5.32 Å². The Kier molecular flexibility index (Phi) is 7.86. The number of para-hydroxylation sites is 1. The van der Waals surface area contributed by atoms with Gasteiger partial charge in [0.2, 0.25) is 0 Å². The van der Waals surface area contributed by atoms with Gasteiger partial charge in [0.1, 0.15) is 12.4 Å². The lowest BCUT2D eigenvalue weighted by Gasteiger charge is -2.14. The summed E-state index contributed by atoms with van der Waals surface area (Å²) in [4.78, 5) is 4.51. The monoisotopic (exact) mass is 468 g/mol. The molecule has 3 rings (SSSR count). The van der Waals surface area contributed by atoms with E-state index < -0.39 is 0 Å². The molecule has 7 heteroatoms. The van der Waals surface area contributed by atoms with E-state index >= 15 is 0 Å². The van der Waals surface area contributed by atoms with Gasteiger partial charge in [-0.2, -0.15) is 0 Å². The molecular formula is C19H29IN6. The molecular weight excluding hydrogens is 439 g/mol. The van der Waals surface area contributed by atoms with E-state index in [0.29, 0.717) is 12.5 Å². The van der Waals surface area contributed by atoms with Gasteiger partial charge >= 0.3 is 0 Å². The summed E-state index contributed by atoms with van der Waals surface area (Å²) in [7, 11) is 0. The van der Waals surface area contributed by atoms with Gasteiger partial charge in [-0.25, -0.2) is 4.99 Å². The highest BCUT2D eigenvalue weighted by atomic mass is 127. The third-order valence-electron chi connectivity index (χ3n) is 4.83. The number of aryl methyl sites for hydroxylation is 3. The number of hydrogen-bond donors (Lipinski definition) is 2. The highest BCUT2D eigenvalue weighted by Crippen LogP contribution is 2.22. The molecule has 1 aromatic heterocycles. The minimum atomic E-state index is 0. The number of aliphatic imine (C=N–C) groups is 1. The fraction of sp³-hybridized carbons (Fsp3) is 0.526. The number of halogens is 1. The lowest BCUT2D eigenvalue weighted by atomic mass is 10.0. The Bertz CT molecular complexity index is 730. The number of benzene rings is 1. The van der Waals surface area contributed by atoms with E-state index in [9.17, 15) is 0 Å². The van der Waals surface area contributed by atoms with Crippen LogP contribution in [0.15, 0.2) is 23.2 Å². The Morgan fingerprint density at radius 2 is 1.88 bits per heavy atom. The first kappa shape index (κ1) is 20.7. The van der Waals surface area contributed by atoms with Crippen molar-refractivity contribution in [1.29, 1.82) is 0 Å². The topological polar surface area (TPSA) is 81.1 Å². The molecule has 0 bridgehead atoms. The van der Waals surface area contributed by atoms with Gasteiger partial charge in [-0.1, -0.05) is 38.5 Å². The van der Waals surface area contributed by atoms with Crippen LogP contribution >= 0.6 is 24.0 Å². The van der Waals surface area contributed by atoms with Crippen molar-refractivity contribution in [2.45, 2.75) is 65.5 Å². The average molecular weight is 468 g/mol. The van der Waals surface area contributed by atoms with Crippen LogP contribution in [0.1, 0.15) is 55.9 Å². The van der Waals surface area contributed by atoms with Crippen LogP contribution in [0, 0.1) is 0 Å². The zero-order chi connectivity index (χ0) is 17.6. The second-order valence-electron chi connectivity index (χ2n) is 6.48. The van der Waals surface area contributed by atoms with Crippen LogP contribution in [0.25, 0.3) is 0 Å². The molecule has 0 unspecified atom stereocenters. The fourth-order valence-electron chi connectivity index (χ4n) is 3.39. The number of nitrogens with two attached hydrogens (primary N) is 1. The first-order chi connectivity index (χ1) is 12.2. The molecule has 0 saturated heterocycles. The third-order valence-corrected chi connectivity index (χ3v) is 4.83. The normalized spacial score (nSPS) is 14.3. The Balaban J connectivity index is 0.00000243. The summed E-state index contributed by atoms with van der Waals surface area (Å²) >= 11 is 0. The van der Waals surface area contributed by atoms with Crippen LogP contribution in [-0.2, 0) is 32.4 Å². The molecule has 2 heterocycles. The molecule has 0 fully saturated rings. The highest BCUT2D eigenvalue weighted by Gasteiger charge is 2.14. The highest BCUT2D eigenvalue weighted by molar-refractivity contribution is 14.0. The number of nitrogens with one attached hydrogen (secondary N) is 1. The Hall–Kier alpha value is -1.64. The average Bonchev–Trinajstić information content (AvgIpc) is 2.86. The lowest BCUT2D eigenvalue weighted by Crippen LogP contribution is -2.24. The number of anilines is 1. The molecule has 0 saturated carbocycles. The van der Waals surface area contributed by atoms with Crippen LogP contribution in [0.4, 0.5) is 5.69 Å². The van der Waals surface area contributed by atoms with Crippen molar-refractivity contribution in [3.63, 3.8) is 0 Å². The number of rotatable bonds is 5. The van der Waals surface area contributed by atoms with Gasteiger partial charge in [-0.3, -0.25) is 0 Å². The van der Waals surface area contributed by atoms with Gasteiger partial charge in [0.25, 0.3) is 0 Å². The zero-order valence-electron chi connectivity index (χ0n) is 15.7. The van der Waals surface area contributed by atoms with E-state index in [1.165, 1.54) is 30.4 Å². The molecule has 1 aliphatic heterocycles. The van der Waals surface area contributed by atoms with E-state index in [1.807, 2.05) is 0 Å². The van der Waals surface area contributed by atoms with Gasteiger partial charge in [0.15, 0.2) is 11.8 Å². The van der Waals surface area contributed by atoms with Crippen LogP contribution in [0.3, 0.4) is 0 Å². The van der Waals surface area contributed by atoms with Crippen LogP contribution in [0.5, 0.6) is 0 Å². The van der Waals surface area contributed by atoms with E-state index in [1.54, 1.807) is 0 Å². The summed E-state index contributed by atoms with van der Waals surface area (Å²) in [6.45, 7) is 5.75. The minimum Gasteiger partial charge on any atom is -0.370 e. The Morgan fingerprint density at radius 3 is 2.58 bits per heavy atom. The summed E-state index contributed by atoms with van der Waals surface area (Å²) in [6, 6.07) is 6.36. The zero-order valence-corrected chi connectivity index (χ0v) is 18.0. The molecule has 6 nitrogen and oxygen atoms in total. The molecule has 0 aliphatic carbocycles. The minimum absolute atomic E-state index is 0. The van der Waals surface area contributed by atoms with Crippen molar-refractivity contribution < 1.29 is 0 Å². The van der Waals surface area contributed by atoms with E-state index in [0.717, 1.165) is 43.1 Å². The molecule has 1 aliphatic rings. The predicted molar refractivity (Wildman–Crippen MR) is 117 cm³/mol. The van der Waals surface area contributed by atoms with Crippen LogP contribution < -0.4 is 11.1 Å². The van der Waals surface area contributed by atoms with Crippen molar-refractivity contribution in [1.82, 2.24) is 14.8 Å². The van der Waals surface area contributed by atoms with Crippen molar-refractivity contribution in [2.24, 2.45) is 10.7 Å². The third kappa shape index (κ3) is 4.75. The van der Waals surface area contributed by atoms with Gasteiger partial charge < -0.3 is 15.6 Å². The fourth-order valence-corrected chi connectivity index (χ4v) is 3.39. The van der Waals surface area contributed by atoms with E-state index in [4.69, 9.17) is 5.73 Å². The number of hydrogen-bond acceptors (Lipinski definition) is 3. The standard InChI is InChI=1S/C19H28N6.HI/c1-3-14-9-8-10-15(4-2)18(14)22-19(20)21-13-17-24-23-16-11-6-5-7-12-25(16)17;/h8-10H,3-7,11-13H2,1-2H3,(H3,20,21,22);1H. The first-order valence-corrected chi connectivity index (χ1v) is 9.31. The number of guanidine groups is 1. The Morgan fingerprint density at radius 1 is 1.15 bits per heavy atom. The summed E-state index contributed by atoms with van der Waals surface area (Å²) in [5.41, 5.74) is 9.77. The van der Waals surface area contributed by atoms with Gasteiger partial charge in [0.05, 0.1) is 0 Å². The van der Waals surface area contributed by atoms with E-state index in [-0.39, 0.29) is 24.0 Å². The maximum absolute atomic E-state index is 6.16. The number of nitrogens with zero attached hydrogens (tertiary/aromatic N) is 4. The SMILES string of the molecule is CCc1cccc(CC)c1NC(N)=NCc1nnc2n1CCCCC2.I. The molecule has 142 valence electrons. The molecule has 0 radical (unpaired) electrons. The second kappa shape index (κ2) is 9.89. The first-order valence-electron chi connectivity index (χ1n) is 9.31. The largest absolute Gasteiger partial charge is 0.370 e. The van der Waals surface area contributed by atoms with Crippen molar-refractivity contribution in [3.8, 4) is 0 Å². The summed E-state index contributed by atoms with van der Waals surface area (Å²) in [6.07, 6.45) is 6.55. The maximum atomic E-state index is 6.16. The molecule has 3 N–H and O–H groups in total. The van der Waals surface area contributed by atoms with Gasteiger partial charge in [-0.15, -0.1) is 34.2 Å². The van der Waals surface area contributed by atoms with E-state index in [2.05, 4.69) is 57.1 Å². The molecule has 26 heavy (non-hydrogen) atoms. The molecule has 2 aromatic rings. The van der Waals surface area contributed by atoms with Crippen LogP contribution in [-0.4, -0.2) is 20.7 Å². The molecule has 1 aromatic carbocycles. The quantitative estimate of drug-likeness (QED) is 0.399. The molecule has 0 amide bonds. The predicted octanol–water partition coefficient (Wildman–Crippen LogP) is 3.67. The maximum Gasteiger partial charge on any atom is 0.193 e.